The van der Waals surface area contributed by atoms with Gasteiger partial charge in [0.1, 0.15) is 0 Å². The van der Waals surface area contributed by atoms with Gasteiger partial charge in [-0.3, -0.25) is 14.5 Å². The second kappa shape index (κ2) is 4.05. The number of rotatable bonds is 3. The van der Waals surface area contributed by atoms with E-state index in [-0.39, 0.29) is 29.3 Å². The number of nitrogens with zero attached hydrogens (tertiary/aromatic N) is 1. The Labute approximate surface area is 108 Å². The number of nitrogens with one attached hydrogen (secondary N) is 1. The van der Waals surface area contributed by atoms with Gasteiger partial charge in [-0.1, -0.05) is 20.3 Å². The van der Waals surface area contributed by atoms with Gasteiger partial charge in [-0.15, -0.1) is 0 Å². The van der Waals surface area contributed by atoms with E-state index in [1.807, 2.05) is 0 Å². The number of carbonyl (C=O) groups is 2. The van der Waals surface area contributed by atoms with Crippen LogP contribution in [0.5, 0.6) is 0 Å². The molecule has 1 N–H and O–H groups in total. The van der Waals surface area contributed by atoms with Gasteiger partial charge in [-0.05, 0) is 31.1 Å². The fourth-order valence-electron chi connectivity index (χ4n) is 3.38. The molecule has 1 saturated heterocycles. The SMILES string of the molecule is CC1(C)CCCC1NC1CC(=O)N(C2CC2)C1=O. The van der Waals surface area contributed by atoms with E-state index in [1.54, 1.807) is 0 Å². The number of likely N-dealkylation sites (tertiary alicyclic amines) is 1. The van der Waals surface area contributed by atoms with Crippen LogP contribution in [0.25, 0.3) is 0 Å². The second-order valence-corrected chi connectivity index (χ2v) is 6.69. The van der Waals surface area contributed by atoms with Crippen molar-refractivity contribution in [3.05, 3.63) is 0 Å². The highest BCUT2D eigenvalue weighted by Gasteiger charge is 2.47. The summed E-state index contributed by atoms with van der Waals surface area (Å²) in [6.07, 6.45) is 5.90. The molecule has 0 spiro atoms. The van der Waals surface area contributed by atoms with Crippen molar-refractivity contribution in [2.45, 2.75) is 70.5 Å². The third-order valence-electron chi connectivity index (χ3n) is 4.75. The second-order valence-electron chi connectivity index (χ2n) is 6.69. The highest BCUT2D eigenvalue weighted by molar-refractivity contribution is 6.06. The van der Waals surface area contributed by atoms with Crippen LogP contribution >= 0.6 is 0 Å². The molecule has 3 fully saturated rings. The summed E-state index contributed by atoms with van der Waals surface area (Å²) in [4.78, 5) is 25.6. The fraction of sp³-hybridized carbons (Fsp3) is 0.857. The van der Waals surface area contributed by atoms with Crippen molar-refractivity contribution in [3.63, 3.8) is 0 Å². The fourth-order valence-corrected chi connectivity index (χ4v) is 3.38. The first-order valence-electron chi connectivity index (χ1n) is 7.11. The van der Waals surface area contributed by atoms with Crippen LogP contribution in [0.2, 0.25) is 0 Å². The van der Waals surface area contributed by atoms with Gasteiger partial charge in [0.2, 0.25) is 11.8 Å². The first-order chi connectivity index (χ1) is 8.49. The molecule has 0 bridgehead atoms. The zero-order chi connectivity index (χ0) is 12.9. The van der Waals surface area contributed by atoms with E-state index in [9.17, 15) is 9.59 Å². The van der Waals surface area contributed by atoms with Crippen molar-refractivity contribution in [1.29, 1.82) is 0 Å². The molecule has 3 aliphatic rings. The Morgan fingerprint density at radius 1 is 1.22 bits per heavy atom. The smallest absolute Gasteiger partial charge is 0.247 e. The zero-order valence-electron chi connectivity index (χ0n) is 11.2. The minimum atomic E-state index is -0.263. The molecule has 18 heavy (non-hydrogen) atoms. The molecule has 2 amide bonds. The van der Waals surface area contributed by atoms with Gasteiger partial charge in [-0.2, -0.15) is 0 Å². The van der Waals surface area contributed by atoms with Crippen LogP contribution in [0.4, 0.5) is 0 Å². The number of amides is 2. The molecule has 0 aromatic heterocycles. The molecule has 2 unspecified atom stereocenters. The van der Waals surface area contributed by atoms with Crippen LogP contribution in [0, 0.1) is 5.41 Å². The Bertz CT molecular complexity index is 387. The average Bonchev–Trinajstić information content (AvgIpc) is 2.99. The Morgan fingerprint density at radius 3 is 2.50 bits per heavy atom. The van der Waals surface area contributed by atoms with Crippen molar-refractivity contribution in [2.24, 2.45) is 5.41 Å². The van der Waals surface area contributed by atoms with Gasteiger partial charge >= 0.3 is 0 Å². The van der Waals surface area contributed by atoms with Crippen LogP contribution in [0.15, 0.2) is 0 Å². The third kappa shape index (κ3) is 1.96. The Morgan fingerprint density at radius 2 is 1.94 bits per heavy atom. The van der Waals surface area contributed by atoms with Gasteiger partial charge < -0.3 is 5.32 Å². The third-order valence-corrected chi connectivity index (χ3v) is 4.75. The molecule has 2 atom stereocenters. The topological polar surface area (TPSA) is 49.4 Å². The first-order valence-corrected chi connectivity index (χ1v) is 7.11. The Balaban J connectivity index is 1.67. The molecule has 3 rings (SSSR count). The van der Waals surface area contributed by atoms with Crippen LogP contribution < -0.4 is 5.32 Å². The van der Waals surface area contributed by atoms with E-state index in [0.717, 1.165) is 19.3 Å². The summed E-state index contributed by atoms with van der Waals surface area (Å²) < 4.78 is 0. The van der Waals surface area contributed by atoms with E-state index in [2.05, 4.69) is 19.2 Å². The van der Waals surface area contributed by atoms with Crippen molar-refractivity contribution in [3.8, 4) is 0 Å². The van der Waals surface area contributed by atoms with Crippen molar-refractivity contribution < 1.29 is 9.59 Å². The van der Waals surface area contributed by atoms with Crippen molar-refractivity contribution >= 4 is 11.8 Å². The molecule has 2 saturated carbocycles. The van der Waals surface area contributed by atoms with E-state index in [4.69, 9.17) is 0 Å². The monoisotopic (exact) mass is 250 g/mol. The lowest BCUT2D eigenvalue weighted by molar-refractivity contribution is -0.139. The summed E-state index contributed by atoms with van der Waals surface area (Å²) in [5, 5.41) is 3.45. The van der Waals surface area contributed by atoms with Crippen LogP contribution in [-0.4, -0.2) is 34.8 Å². The van der Waals surface area contributed by atoms with Crippen LogP contribution in [0.3, 0.4) is 0 Å². The van der Waals surface area contributed by atoms with Crippen molar-refractivity contribution in [1.82, 2.24) is 10.2 Å². The average molecular weight is 250 g/mol. The van der Waals surface area contributed by atoms with E-state index >= 15 is 0 Å². The molecule has 0 aromatic rings. The molecule has 1 heterocycles. The summed E-state index contributed by atoms with van der Waals surface area (Å²) in [7, 11) is 0. The number of carbonyl (C=O) groups excluding carboxylic acids is 2. The van der Waals surface area contributed by atoms with Gasteiger partial charge in [0.25, 0.3) is 0 Å². The molecule has 2 aliphatic carbocycles. The van der Waals surface area contributed by atoms with Gasteiger partial charge in [-0.25, -0.2) is 0 Å². The summed E-state index contributed by atoms with van der Waals surface area (Å²) in [6, 6.07) is 0.326. The lowest BCUT2D eigenvalue weighted by Crippen LogP contribution is -2.47. The number of imide groups is 1. The molecular formula is C14H22N2O2. The maximum absolute atomic E-state index is 12.2. The minimum absolute atomic E-state index is 0.0187. The lowest BCUT2D eigenvalue weighted by atomic mass is 9.87. The maximum atomic E-state index is 12.2. The lowest BCUT2D eigenvalue weighted by Gasteiger charge is -2.30. The standard InChI is InChI=1S/C14H22N2O2/c1-14(2)7-3-4-11(14)15-10-8-12(17)16(13(10)18)9-5-6-9/h9-11,15H,3-8H2,1-2H3. The van der Waals surface area contributed by atoms with E-state index in [1.165, 1.54) is 17.7 Å². The van der Waals surface area contributed by atoms with Gasteiger partial charge in [0.15, 0.2) is 0 Å². The van der Waals surface area contributed by atoms with E-state index < -0.39 is 0 Å². The number of hydrogen-bond acceptors (Lipinski definition) is 3. The zero-order valence-corrected chi connectivity index (χ0v) is 11.2. The number of hydrogen-bond donors (Lipinski definition) is 1. The van der Waals surface area contributed by atoms with E-state index in [0.29, 0.717) is 12.5 Å². The van der Waals surface area contributed by atoms with Crippen LogP contribution in [0.1, 0.15) is 52.4 Å². The molecule has 0 aromatic carbocycles. The molecule has 100 valence electrons. The molecule has 4 heteroatoms. The minimum Gasteiger partial charge on any atom is -0.302 e. The summed E-state index contributed by atoms with van der Waals surface area (Å²) in [5.74, 6) is 0.0426. The van der Waals surface area contributed by atoms with Gasteiger partial charge in [0, 0.05) is 12.1 Å². The molecule has 4 nitrogen and oxygen atoms in total. The predicted molar refractivity (Wildman–Crippen MR) is 67.8 cm³/mol. The highest BCUT2D eigenvalue weighted by atomic mass is 16.2. The largest absolute Gasteiger partial charge is 0.302 e. The molecular weight excluding hydrogens is 228 g/mol. The summed E-state index contributed by atoms with van der Waals surface area (Å²) >= 11 is 0. The highest BCUT2D eigenvalue weighted by Crippen LogP contribution is 2.38. The van der Waals surface area contributed by atoms with Crippen molar-refractivity contribution in [2.75, 3.05) is 0 Å². The Kier molecular flexibility index (Phi) is 2.73. The predicted octanol–water partition coefficient (Wildman–Crippen LogP) is 1.44. The maximum Gasteiger partial charge on any atom is 0.247 e. The normalized spacial score (nSPS) is 35.6. The quantitative estimate of drug-likeness (QED) is 0.771. The Hall–Kier alpha value is -0.900. The molecule has 0 radical (unpaired) electrons. The summed E-state index contributed by atoms with van der Waals surface area (Å²) in [5.41, 5.74) is 0.246. The first kappa shape index (κ1) is 12.2. The molecule has 1 aliphatic heterocycles. The summed E-state index contributed by atoms with van der Waals surface area (Å²) in [6.45, 7) is 4.50. The van der Waals surface area contributed by atoms with Crippen LogP contribution in [-0.2, 0) is 9.59 Å². The van der Waals surface area contributed by atoms with Gasteiger partial charge in [0.05, 0.1) is 12.5 Å².